The van der Waals surface area contributed by atoms with Gasteiger partial charge in [-0.1, -0.05) is 32.6 Å². The molecule has 0 aromatic rings. The number of hydrogen-bond acceptors (Lipinski definition) is 1. The average Bonchev–Trinajstić information content (AvgIpc) is 2.55. The van der Waals surface area contributed by atoms with Crippen LogP contribution in [0.2, 0.25) is 0 Å². The van der Waals surface area contributed by atoms with Gasteiger partial charge in [0.2, 0.25) is 0 Å². The molecule has 0 amide bonds. The van der Waals surface area contributed by atoms with Gasteiger partial charge in [-0.3, -0.25) is 0 Å². The molecule has 1 rings (SSSR count). The fourth-order valence-electron chi connectivity index (χ4n) is 2.27. The van der Waals surface area contributed by atoms with Crippen molar-refractivity contribution >= 4 is 0 Å². The van der Waals surface area contributed by atoms with E-state index in [2.05, 4.69) is 33.1 Å². The smallest absolute Gasteiger partial charge is 0.0150 e. The maximum atomic E-state index is 3.42. The van der Waals surface area contributed by atoms with Crippen LogP contribution in [0.15, 0.2) is 0 Å². The Morgan fingerprint density at radius 2 is 1.75 bits per heavy atom. The molecular weight excluding hydrogens is 146 g/mol. The van der Waals surface area contributed by atoms with Gasteiger partial charge in [0.05, 0.1) is 0 Å². The summed E-state index contributed by atoms with van der Waals surface area (Å²) in [6.45, 7) is 7.03. The molecule has 0 spiro atoms. The first kappa shape index (κ1) is 10.0. The average molecular weight is 169 g/mol. The van der Waals surface area contributed by atoms with Crippen LogP contribution < -0.4 is 5.32 Å². The highest BCUT2D eigenvalue weighted by atomic mass is 14.9. The maximum Gasteiger partial charge on any atom is 0.0150 e. The van der Waals surface area contributed by atoms with Crippen molar-refractivity contribution < 1.29 is 0 Å². The molecule has 1 unspecified atom stereocenters. The summed E-state index contributed by atoms with van der Waals surface area (Å²) in [6, 6.07) is 0. The molecule has 1 N–H and O–H groups in total. The van der Waals surface area contributed by atoms with Crippen molar-refractivity contribution in [3.8, 4) is 0 Å². The molecule has 0 heterocycles. The van der Waals surface area contributed by atoms with Crippen molar-refractivity contribution in [2.75, 3.05) is 7.05 Å². The minimum absolute atomic E-state index is 0.314. The van der Waals surface area contributed by atoms with E-state index < -0.39 is 0 Å². The van der Waals surface area contributed by atoms with E-state index in [-0.39, 0.29) is 0 Å². The van der Waals surface area contributed by atoms with E-state index >= 15 is 0 Å². The van der Waals surface area contributed by atoms with Crippen LogP contribution in [-0.2, 0) is 0 Å². The first-order valence-corrected chi connectivity index (χ1v) is 5.27. The number of nitrogens with one attached hydrogen (secondary N) is 1. The summed E-state index contributed by atoms with van der Waals surface area (Å²) in [7, 11) is 2.07. The van der Waals surface area contributed by atoms with Crippen LogP contribution in [0.25, 0.3) is 0 Å². The SMILES string of the molecule is CNC(C)(C)C(C)C1CCCC1. The Hall–Kier alpha value is -0.0400. The normalized spacial score (nSPS) is 23.0. The van der Waals surface area contributed by atoms with Crippen LogP contribution >= 0.6 is 0 Å². The molecule has 1 aliphatic carbocycles. The lowest BCUT2D eigenvalue weighted by atomic mass is 9.78. The van der Waals surface area contributed by atoms with Crippen molar-refractivity contribution in [3.05, 3.63) is 0 Å². The lowest BCUT2D eigenvalue weighted by Crippen LogP contribution is -2.45. The van der Waals surface area contributed by atoms with E-state index in [4.69, 9.17) is 0 Å². The molecule has 1 atom stereocenters. The summed E-state index contributed by atoms with van der Waals surface area (Å²) in [5.74, 6) is 1.78. The number of hydrogen-bond donors (Lipinski definition) is 1. The Bertz CT molecular complexity index is 134. The third-order valence-electron chi connectivity index (χ3n) is 3.89. The zero-order valence-electron chi connectivity index (χ0n) is 8.98. The van der Waals surface area contributed by atoms with Crippen LogP contribution in [-0.4, -0.2) is 12.6 Å². The second-order valence-electron chi connectivity index (χ2n) is 4.80. The second kappa shape index (κ2) is 3.78. The quantitative estimate of drug-likeness (QED) is 0.685. The summed E-state index contributed by atoms with van der Waals surface area (Å²) < 4.78 is 0. The monoisotopic (exact) mass is 169 g/mol. The summed E-state index contributed by atoms with van der Waals surface area (Å²) in [4.78, 5) is 0. The molecule has 0 aliphatic heterocycles. The Morgan fingerprint density at radius 1 is 1.25 bits per heavy atom. The summed E-state index contributed by atoms with van der Waals surface area (Å²) in [5.41, 5.74) is 0.314. The van der Waals surface area contributed by atoms with Crippen LogP contribution in [0, 0.1) is 11.8 Å². The Labute approximate surface area is 76.9 Å². The first-order chi connectivity index (χ1) is 5.58. The van der Waals surface area contributed by atoms with Crippen molar-refractivity contribution in [1.82, 2.24) is 5.32 Å². The van der Waals surface area contributed by atoms with E-state index in [0.717, 1.165) is 11.8 Å². The minimum atomic E-state index is 0.314. The van der Waals surface area contributed by atoms with Crippen LogP contribution in [0.3, 0.4) is 0 Å². The van der Waals surface area contributed by atoms with Gasteiger partial charge in [0.25, 0.3) is 0 Å². The molecule has 1 aliphatic rings. The van der Waals surface area contributed by atoms with Crippen LogP contribution in [0.5, 0.6) is 0 Å². The molecule has 0 radical (unpaired) electrons. The molecule has 0 aromatic carbocycles. The summed E-state index contributed by atoms with van der Waals surface area (Å²) in [5, 5.41) is 3.42. The predicted molar refractivity (Wildman–Crippen MR) is 54.3 cm³/mol. The lowest BCUT2D eigenvalue weighted by Gasteiger charge is -2.35. The topological polar surface area (TPSA) is 12.0 Å². The van der Waals surface area contributed by atoms with Gasteiger partial charge in [-0.2, -0.15) is 0 Å². The van der Waals surface area contributed by atoms with Gasteiger partial charge in [0.1, 0.15) is 0 Å². The fraction of sp³-hybridized carbons (Fsp3) is 1.00. The highest BCUT2D eigenvalue weighted by molar-refractivity contribution is 4.88. The second-order valence-corrected chi connectivity index (χ2v) is 4.80. The van der Waals surface area contributed by atoms with E-state index in [1.165, 1.54) is 25.7 Å². The largest absolute Gasteiger partial charge is 0.315 e. The van der Waals surface area contributed by atoms with Gasteiger partial charge in [-0.25, -0.2) is 0 Å². The highest BCUT2D eigenvalue weighted by Gasteiger charge is 2.32. The molecule has 1 saturated carbocycles. The zero-order valence-corrected chi connectivity index (χ0v) is 8.98. The molecule has 12 heavy (non-hydrogen) atoms. The Morgan fingerprint density at radius 3 is 2.17 bits per heavy atom. The van der Waals surface area contributed by atoms with Crippen molar-refractivity contribution in [3.63, 3.8) is 0 Å². The van der Waals surface area contributed by atoms with Gasteiger partial charge < -0.3 is 5.32 Å². The molecule has 0 saturated heterocycles. The van der Waals surface area contributed by atoms with Crippen LogP contribution in [0.4, 0.5) is 0 Å². The van der Waals surface area contributed by atoms with Crippen molar-refractivity contribution in [2.45, 2.75) is 52.0 Å². The summed E-state index contributed by atoms with van der Waals surface area (Å²) in [6.07, 6.45) is 5.81. The Kier molecular flexibility index (Phi) is 3.16. The minimum Gasteiger partial charge on any atom is -0.315 e. The van der Waals surface area contributed by atoms with E-state index in [1.807, 2.05) is 0 Å². The molecule has 1 heteroatoms. The molecule has 1 fully saturated rings. The van der Waals surface area contributed by atoms with E-state index in [1.54, 1.807) is 0 Å². The van der Waals surface area contributed by atoms with Gasteiger partial charge in [0.15, 0.2) is 0 Å². The number of rotatable bonds is 3. The highest BCUT2D eigenvalue weighted by Crippen LogP contribution is 2.36. The van der Waals surface area contributed by atoms with Crippen molar-refractivity contribution in [1.29, 1.82) is 0 Å². The standard InChI is InChI=1S/C11H23N/c1-9(11(2,3)12-4)10-7-5-6-8-10/h9-10,12H,5-8H2,1-4H3. The maximum absolute atomic E-state index is 3.42. The fourth-order valence-corrected chi connectivity index (χ4v) is 2.27. The molecule has 1 nitrogen and oxygen atoms in total. The molecular formula is C11H23N. The molecule has 0 bridgehead atoms. The van der Waals surface area contributed by atoms with Gasteiger partial charge in [0, 0.05) is 5.54 Å². The molecule has 0 aromatic heterocycles. The van der Waals surface area contributed by atoms with Gasteiger partial charge in [-0.05, 0) is 32.7 Å². The predicted octanol–water partition coefficient (Wildman–Crippen LogP) is 2.81. The van der Waals surface area contributed by atoms with E-state index in [9.17, 15) is 0 Å². The Balaban J connectivity index is 2.50. The first-order valence-electron chi connectivity index (χ1n) is 5.27. The van der Waals surface area contributed by atoms with Crippen molar-refractivity contribution in [2.24, 2.45) is 11.8 Å². The van der Waals surface area contributed by atoms with E-state index in [0.29, 0.717) is 5.54 Å². The lowest BCUT2D eigenvalue weighted by molar-refractivity contribution is 0.206. The van der Waals surface area contributed by atoms with Crippen LogP contribution in [0.1, 0.15) is 46.5 Å². The van der Waals surface area contributed by atoms with Gasteiger partial charge in [-0.15, -0.1) is 0 Å². The zero-order chi connectivity index (χ0) is 9.19. The van der Waals surface area contributed by atoms with Gasteiger partial charge >= 0.3 is 0 Å². The summed E-state index contributed by atoms with van der Waals surface area (Å²) >= 11 is 0. The third kappa shape index (κ3) is 2.01. The third-order valence-corrected chi connectivity index (χ3v) is 3.89. The molecule has 72 valence electrons.